The zero-order valence-electron chi connectivity index (χ0n) is 11.5. The molecule has 2 N–H and O–H groups in total. The highest BCUT2D eigenvalue weighted by molar-refractivity contribution is 7.80. The summed E-state index contributed by atoms with van der Waals surface area (Å²) >= 11 is 5.30. The Bertz CT molecular complexity index is 528. The molecule has 2 rings (SSSR count). The van der Waals surface area contributed by atoms with Crippen molar-refractivity contribution >= 4 is 23.0 Å². The van der Waals surface area contributed by atoms with Gasteiger partial charge in [0.05, 0.1) is 0 Å². The summed E-state index contributed by atoms with van der Waals surface area (Å²) in [5.41, 5.74) is 2.31. The molecule has 0 aliphatic heterocycles. The molecule has 0 amide bonds. The largest absolute Gasteiger partial charge is 0.360 e. The van der Waals surface area contributed by atoms with E-state index in [0.29, 0.717) is 11.2 Å². The lowest BCUT2D eigenvalue weighted by molar-refractivity contribution is 0.609. The normalized spacial score (nSPS) is 11.7. The summed E-state index contributed by atoms with van der Waals surface area (Å²) in [6.07, 6.45) is 5.57. The van der Waals surface area contributed by atoms with Gasteiger partial charge in [0.25, 0.3) is 0 Å². The Hall–Kier alpha value is -1.94. The van der Waals surface area contributed by atoms with E-state index in [1.165, 1.54) is 5.56 Å². The van der Waals surface area contributed by atoms with Gasteiger partial charge in [-0.05, 0) is 49.7 Å². The molecule has 1 aromatic carbocycles. The van der Waals surface area contributed by atoms with Crippen LogP contribution in [0.3, 0.4) is 0 Å². The first-order valence-electron chi connectivity index (χ1n) is 6.75. The lowest BCUT2D eigenvalue weighted by atomic mass is 10.1. The number of benzene rings is 1. The van der Waals surface area contributed by atoms with Gasteiger partial charge in [-0.2, -0.15) is 0 Å². The molecular formula is C16H19N3S. The van der Waals surface area contributed by atoms with E-state index in [2.05, 4.69) is 46.8 Å². The average molecular weight is 285 g/mol. The maximum atomic E-state index is 5.30. The van der Waals surface area contributed by atoms with E-state index in [1.807, 2.05) is 18.2 Å². The van der Waals surface area contributed by atoms with Crippen molar-refractivity contribution in [3.8, 4) is 0 Å². The third-order valence-electron chi connectivity index (χ3n) is 3.02. The fraction of sp³-hybridized carbons (Fsp3) is 0.250. The molecule has 1 aromatic heterocycles. The first-order chi connectivity index (χ1) is 9.74. The van der Waals surface area contributed by atoms with Crippen molar-refractivity contribution in [3.63, 3.8) is 0 Å². The van der Waals surface area contributed by atoms with Crippen LogP contribution in [0.15, 0.2) is 54.9 Å². The Morgan fingerprint density at radius 3 is 2.55 bits per heavy atom. The Kier molecular flexibility index (Phi) is 5.50. The predicted molar refractivity (Wildman–Crippen MR) is 87.8 cm³/mol. The number of anilines is 1. The van der Waals surface area contributed by atoms with Crippen LogP contribution in [0.25, 0.3) is 0 Å². The number of nitrogens with one attached hydrogen (secondary N) is 2. The van der Waals surface area contributed by atoms with Crippen LogP contribution in [0, 0.1) is 0 Å². The summed E-state index contributed by atoms with van der Waals surface area (Å²) in [4.78, 5) is 3.97. The number of aryl methyl sites for hydroxylation is 1. The number of pyridine rings is 1. The van der Waals surface area contributed by atoms with Crippen molar-refractivity contribution in [3.05, 3.63) is 60.4 Å². The second kappa shape index (κ2) is 7.60. The number of rotatable bonds is 5. The van der Waals surface area contributed by atoms with Crippen LogP contribution < -0.4 is 10.6 Å². The molecule has 20 heavy (non-hydrogen) atoms. The molecule has 0 aliphatic carbocycles. The van der Waals surface area contributed by atoms with Crippen LogP contribution in [0.4, 0.5) is 5.69 Å². The van der Waals surface area contributed by atoms with Crippen LogP contribution in [-0.4, -0.2) is 16.1 Å². The van der Waals surface area contributed by atoms with Crippen molar-refractivity contribution in [1.82, 2.24) is 10.3 Å². The molecule has 0 fully saturated rings. The molecule has 0 unspecified atom stereocenters. The highest BCUT2D eigenvalue weighted by Crippen LogP contribution is 2.06. The van der Waals surface area contributed by atoms with Crippen molar-refractivity contribution in [1.29, 1.82) is 0 Å². The van der Waals surface area contributed by atoms with Gasteiger partial charge in [-0.3, -0.25) is 4.98 Å². The summed E-state index contributed by atoms with van der Waals surface area (Å²) in [5.74, 6) is 0. The fourth-order valence-corrected chi connectivity index (χ4v) is 2.25. The number of hydrogen-bond donors (Lipinski definition) is 2. The van der Waals surface area contributed by atoms with Crippen LogP contribution >= 0.6 is 12.2 Å². The highest BCUT2D eigenvalue weighted by atomic mass is 32.1. The van der Waals surface area contributed by atoms with Gasteiger partial charge in [-0.25, -0.2) is 0 Å². The number of hydrogen-bond acceptors (Lipinski definition) is 2. The van der Waals surface area contributed by atoms with E-state index >= 15 is 0 Å². The van der Waals surface area contributed by atoms with Gasteiger partial charge < -0.3 is 10.6 Å². The minimum atomic E-state index is 0.331. The van der Waals surface area contributed by atoms with Gasteiger partial charge in [-0.1, -0.05) is 30.3 Å². The molecule has 0 bridgehead atoms. The Morgan fingerprint density at radius 1 is 1.15 bits per heavy atom. The third-order valence-corrected chi connectivity index (χ3v) is 3.24. The Labute approximate surface area is 125 Å². The molecule has 0 saturated heterocycles. The molecule has 0 spiro atoms. The lowest BCUT2D eigenvalue weighted by Crippen LogP contribution is -2.36. The van der Waals surface area contributed by atoms with E-state index in [4.69, 9.17) is 12.2 Å². The molecule has 104 valence electrons. The van der Waals surface area contributed by atoms with Gasteiger partial charge in [-0.15, -0.1) is 0 Å². The zero-order valence-corrected chi connectivity index (χ0v) is 12.4. The first kappa shape index (κ1) is 14.5. The fourth-order valence-electron chi connectivity index (χ4n) is 1.93. The lowest BCUT2D eigenvalue weighted by Gasteiger charge is -2.17. The third kappa shape index (κ3) is 4.97. The quantitative estimate of drug-likeness (QED) is 0.826. The molecule has 1 atom stereocenters. The van der Waals surface area contributed by atoms with Crippen LogP contribution in [0.1, 0.15) is 18.9 Å². The summed E-state index contributed by atoms with van der Waals surface area (Å²) in [5, 5.41) is 7.10. The highest BCUT2D eigenvalue weighted by Gasteiger charge is 2.04. The topological polar surface area (TPSA) is 37.0 Å². The average Bonchev–Trinajstić information content (AvgIpc) is 2.47. The van der Waals surface area contributed by atoms with Crippen molar-refractivity contribution < 1.29 is 0 Å². The van der Waals surface area contributed by atoms with Crippen molar-refractivity contribution in [2.75, 3.05) is 5.32 Å². The Balaban J connectivity index is 1.74. The summed E-state index contributed by atoms with van der Waals surface area (Å²) < 4.78 is 0. The molecule has 0 saturated carbocycles. The van der Waals surface area contributed by atoms with Crippen molar-refractivity contribution in [2.24, 2.45) is 0 Å². The molecular weight excluding hydrogens is 266 g/mol. The van der Waals surface area contributed by atoms with E-state index in [9.17, 15) is 0 Å². The Morgan fingerprint density at radius 2 is 1.85 bits per heavy atom. The van der Waals surface area contributed by atoms with Crippen LogP contribution in [0.2, 0.25) is 0 Å². The molecule has 4 heteroatoms. The summed E-state index contributed by atoms with van der Waals surface area (Å²) in [7, 11) is 0. The van der Waals surface area contributed by atoms with Gasteiger partial charge in [0.2, 0.25) is 0 Å². The second-order valence-corrected chi connectivity index (χ2v) is 5.17. The zero-order chi connectivity index (χ0) is 14.2. The SMILES string of the molecule is C[C@@H](CCc1ccccc1)NC(=S)Nc1ccncc1. The van der Waals surface area contributed by atoms with Crippen LogP contribution in [0.5, 0.6) is 0 Å². The monoisotopic (exact) mass is 285 g/mol. The van der Waals surface area contributed by atoms with Gasteiger partial charge >= 0.3 is 0 Å². The van der Waals surface area contributed by atoms with E-state index in [0.717, 1.165) is 18.5 Å². The predicted octanol–water partition coefficient (Wildman–Crippen LogP) is 3.39. The maximum absolute atomic E-state index is 5.30. The van der Waals surface area contributed by atoms with E-state index in [-0.39, 0.29) is 0 Å². The van der Waals surface area contributed by atoms with Gasteiger partial charge in [0.15, 0.2) is 5.11 Å². The standard InChI is InChI=1S/C16H19N3S/c1-13(7-8-14-5-3-2-4-6-14)18-16(20)19-15-9-11-17-12-10-15/h2-6,9-13H,7-8H2,1H3,(H2,17,18,19,20)/t13-/m0/s1. The minimum absolute atomic E-state index is 0.331. The van der Waals surface area contributed by atoms with E-state index < -0.39 is 0 Å². The molecule has 2 aromatic rings. The minimum Gasteiger partial charge on any atom is -0.360 e. The molecule has 3 nitrogen and oxygen atoms in total. The summed E-state index contributed by atoms with van der Waals surface area (Å²) in [6, 6.07) is 14.6. The number of aromatic nitrogens is 1. The molecule has 0 radical (unpaired) electrons. The van der Waals surface area contributed by atoms with Gasteiger partial charge in [0.1, 0.15) is 0 Å². The second-order valence-electron chi connectivity index (χ2n) is 4.76. The van der Waals surface area contributed by atoms with Crippen LogP contribution in [-0.2, 0) is 6.42 Å². The van der Waals surface area contributed by atoms with E-state index in [1.54, 1.807) is 12.4 Å². The molecule has 1 heterocycles. The summed E-state index contributed by atoms with van der Waals surface area (Å²) in [6.45, 7) is 2.14. The maximum Gasteiger partial charge on any atom is 0.170 e. The number of thiocarbonyl (C=S) groups is 1. The van der Waals surface area contributed by atoms with Crippen molar-refractivity contribution in [2.45, 2.75) is 25.8 Å². The number of nitrogens with zero attached hydrogens (tertiary/aromatic N) is 1. The molecule has 0 aliphatic rings. The first-order valence-corrected chi connectivity index (χ1v) is 7.16. The smallest absolute Gasteiger partial charge is 0.170 e. The van der Waals surface area contributed by atoms with Gasteiger partial charge in [0, 0.05) is 24.1 Å².